The molecule has 5 unspecified atom stereocenters. The molecule has 0 saturated carbocycles. The van der Waals surface area contributed by atoms with Crippen LogP contribution in [0.3, 0.4) is 0 Å². The minimum absolute atomic E-state index is 0.188. The fourth-order valence-electron chi connectivity index (χ4n) is 2.09. The molecule has 3 fully saturated rings. The lowest BCUT2D eigenvalue weighted by molar-refractivity contribution is -0.158. The summed E-state index contributed by atoms with van der Waals surface area (Å²) in [7, 11) is 1.45. The van der Waals surface area contributed by atoms with Gasteiger partial charge in [-0.25, -0.2) is 4.79 Å². The van der Waals surface area contributed by atoms with Crippen molar-refractivity contribution in [1.29, 1.82) is 0 Å². The van der Waals surface area contributed by atoms with Crippen LogP contribution in [0.4, 0.5) is 0 Å². The monoisotopic (exact) mass is 202 g/mol. The van der Waals surface area contributed by atoms with Crippen molar-refractivity contribution in [2.24, 2.45) is 0 Å². The Labute approximate surface area is 80.0 Å². The number of ether oxygens (including phenoxy) is 5. The molecule has 6 heteroatoms. The summed E-state index contributed by atoms with van der Waals surface area (Å²) in [5, 5.41) is 0. The number of rotatable bonds is 1. The average Bonchev–Trinajstić information content (AvgIpc) is 2.76. The Bertz CT molecular complexity index is 267. The van der Waals surface area contributed by atoms with E-state index in [1.54, 1.807) is 0 Å². The van der Waals surface area contributed by atoms with Crippen LogP contribution in [0.5, 0.6) is 0 Å². The smallest absolute Gasteiger partial charge is 0.338 e. The van der Waals surface area contributed by atoms with E-state index in [4.69, 9.17) is 23.7 Å². The van der Waals surface area contributed by atoms with Gasteiger partial charge < -0.3 is 23.7 Å². The Morgan fingerprint density at radius 3 is 2.93 bits per heavy atom. The zero-order chi connectivity index (χ0) is 9.71. The van der Waals surface area contributed by atoms with Gasteiger partial charge in [-0.05, 0) is 0 Å². The van der Waals surface area contributed by atoms with Crippen LogP contribution in [-0.2, 0) is 28.5 Å². The first-order chi connectivity index (χ1) is 6.81. The van der Waals surface area contributed by atoms with Crippen molar-refractivity contribution in [2.75, 3.05) is 13.9 Å². The van der Waals surface area contributed by atoms with Gasteiger partial charge in [-0.1, -0.05) is 0 Å². The third-order valence-corrected chi connectivity index (χ3v) is 2.74. The summed E-state index contributed by atoms with van der Waals surface area (Å²) in [6.45, 7) is 0.188. The average molecular weight is 202 g/mol. The Balaban J connectivity index is 1.84. The van der Waals surface area contributed by atoms with Gasteiger partial charge in [-0.3, -0.25) is 0 Å². The lowest BCUT2D eigenvalue weighted by Crippen LogP contribution is -2.33. The van der Waals surface area contributed by atoms with E-state index in [1.807, 2.05) is 0 Å². The van der Waals surface area contributed by atoms with Gasteiger partial charge >= 0.3 is 5.97 Å². The molecule has 0 aromatic carbocycles. The van der Waals surface area contributed by atoms with Gasteiger partial charge in [0, 0.05) is 7.11 Å². The number of carbonyl (C=O) groups is 1. The molecule has 3 aliphatic rings. The molecule has 0 amide bonds. The molecular formula is C8H10O6. The molecule has 5 atom stereocenters. The third-order valence-electron chi connectivity index (χ3n) is 2.74. The highest BCUT2D eigenvalue weighted by atomic mass is 16.8. The van der Waals surface area contributed by atoms with Gasteiger partial charge in [-0.2, -0.15) is 0 Å². The topological polar surface area (TPSA) is 63.2 Å². The standard InChI is InChI=1S/C8H10O6/c1-10-5-3-4(13-7(5)9)6-8(14-3)12-2-11-6/h3-6,8H,2H2,1H3. The molecule has 0 bridgehead atoms. The van der Waals surface area contributed by atoms with E-state index in [2.05, 4.69) is 0 Å². The Morgan fingerprint density at radius 2 is 2.14 bits per heavy atom. The molecule has 3 saturated heterocycles. The highest BCUT2D eigenvalue weighted by Gasteiger charge is 2.60. The maximum atomic E-state index is 11.3. The van der Waals surface area contributed by atoms with E-state index in [9.17, 15) is 4.79 Å². The number of hydrogen-bond donors (Lipinski definition) is 0. The van der Waals surface area contributed by atoms with E-state index < -0.39 is 24.5 Å². The first-order valence-corrected chi connectivity index (χ1v) is 4.43. The maximum Gasteiger partial charge on any atom is 0.338 e. The van der Waals surface area contributed by atoms with E-state index in [0.29, 0.717) is 0 Å². The summed E-state index contributed by atoms with van der Waals surface area (Å²) < 4.78 is 26.0. The van der Waals surface area contributed by atoms with Gasteiger partial charge in [0.05, 0.1) is 0 Å². The summed E-state index contributed by atoms with van der Waals surface area (Å²) in [5.74, 6) is -0.392. The van der Waals surface area contributed by atoms with Crippen molar-refractivity contribution < 1.29 is 28.5 Å². The Morgan fingerprint density at radius 1 is 1.29 bits per heavy atom. The zero-order valence-corrected chi connectivity index (χ0v) is 7.54. The van der Waals surface area contributed by atoms with Crippen LogP contribution < -0.4 is 0 Å². The number of esters is 1. The summed E-state index contributed by atoms with van der Waals surface area (Å²) in [5.41, 5.74) is 0. The summed E-state index contributed by atoms with van der Waals surface area (Å²) in [6, 6.07) is 0. The van der Waals surface area contributed by atoms with Crippen LogP contribution in [0.1, 0.15) is 0 Å². The molecule has 78 valence electrons. The minimum Gasteiger partial charge on any atom is -0.454 e. The van der Waals surface area contributed by atoms with Crippen LogP contribution >= 0.6 is 0 Å². The van der Waals surface area contributed by atoms with Crippen molar-refractivity contribution >= 4 is 5.97 Å². The lowest BCUT2D eigenvalue weighted by atomic mass is 10.1. The van der Waals surface area contributed by atoms with Gasteiger partial charge in [-0.15, -0.1) is 0 Å². The second-order valence-corrected chi connectivity index (χ2v) is 3.44. The fourth-order valence-corrected chi connectivity index (χ4v) is 2.09. The SMILES string of the molecule is COC1C(=O)OC2C3OCOC3OC12. The molecule has 6 nitrogen and oxygen atoms in total. The molecule has 3 heterocycles. The number of hydrogen-bond acceptors (Lipinski definition) is 6. The van der Waals surface area contributed by atoms with Crippen molar-refractivity contribution in [3.63, 3.8) is 0 Å². The van der Waals surface area contributed by atoms with Crippen molar-refractivity contribution in [1.82, 2.24) is 0 Å². The van der Waals surface area contributed by atoms with Crippen LogP contribution in [0.25, 0.3) is 0 Å². The summed E-state index contributed by atoms with van der Waals surface area (Å²) in [6.07, 6.45) is -2.17. The molecule has 3 rings (SSSR count). The van der Waals surface area contributed by atoms with Gasteiger partial charge in [0.25, 0.3) is 0 Å². The normalized spacial score (nSPS) is 50.4. The Hall–Kier alpha value is -0.690. The predicted molar refractivity (Wildman–Crippen MR) is 40.2 cm³/mol. The first-order valence-electron chi connectivity index (χ1n) is 4.43. The molecule has 0 aliphatic carbocycles. The summed E-state index contributed by atoms with van der Waals surface area (Å²) in [4.78, 5) is 11.3. The molecular weight excluding hydrogens is 192 g/mol. The van der Waals surface area contributed by atoms with Gasteiger partial charge in [0.15, 0.2) is 31.4 Å². The largest absolute Gasteiger partial charge is 0.454 e. The fraction of sp³-hybridized carbons (Fsp3) is 0.875. The molecule has 3 aliphatic heterocycles. The highest BCUT2D eigenvalue weighted by molar-refractivity contribution is 5.78. The molecule has 0 aromatic rings. The van der Waals surface area contributed by atoms with Gasteiger partial charge in [0.1, 0.15) is 6.10 Å². The van der Waals surface area contributed by atoms with E-state index >= 15 is 0 Å². The highest BCUT2D eigenvalue weighted by Crippen LogP contribution is 2.37. The molecule has 14 heavy (non-hydrogen) atoms. The molecule has 0 spiro atoms. The van der Waals surface area contributed by atoms with Crippen molar-refractivity contribution in [2.45, 2.75) is 30.7 Å². The van der Waals surface area contributed by atoms with Crippen LogP contribution in [0.2, 0.25) is 0 Å². The van der Waals surface area contributed by atoms with Crippen molar-refractivity contribution in [3.8, 4) is 0 Å². The van der Waals surface area contributed by atoms with Crippen LogP contribution in [-0.4, -0.2) is 50.6 Å². The molecule has 0 radical (unpaired) electrons. The van der Waals surface area contributed by atoms with Crippen molar-refractivity contribution in [3.05, 3.63) is 0 Å². The predicted octanol–water partition coefficient (Wildman–Crippen LogP) is -0.975. The number of fused-ring (bicyclic) bond motifs is 3. The second kappa shape index (κ2) is 2.90. The maximum absolute atomic E-state index is 11.3. The van der Waals surface area contributed by atoms with Crippen LogP contribution in [0, 0.1) is 0 Å². The van der Waals surface area contributed by atoms with E-state index in [0.717, 1.165) is 0 Å². The van der Waals surface area contributed by atoms with E-state index in [-0.39, 0.29) is 19.0 Å². The lowest BCUT2D eigenvalue weighted by Gasteiger charge is -2.12. The first kappa shape index (κ1) is 8.60. The third kappa shape index (κ3) is 0.964. The number of carbonyl (C=O) groups excluding carboxylic acids is 1. The second-order valence-electron chi connectivity index (χ2n) is 3.44. The molecule has 0 aromatic heterocycles. The van der Waals surface area contributed by atoms with Crippen LogP contribution in [0.15, 0.2) is 0 Å². The Kier molecular flexibility index (Phi) is 1.78. The van der Waals surface area contributed by atoms with E-state index in [1.165, 1.54) is 7.11 Å². The molecule has 0 N–H and O–H groups in total. The minimum atomic E-state index is -0.655. The number of methoxy groups -OCH3 is 1. The van der Waals surface area contributed by atoms with Gasteiger partial charge in [0.2, 0.25) is 0 Å². The zero-order valence-electron chi connectivity index (χ0n) is 7.54. The quantitative estimate of drug-likeness (QED) is 0.509. The summed E-state index contributed by atoms with van der Waals surface area (Å²) >= 11 is 0.